The zero-order chi connectivity index (χ0) is 22.8. The normalized spacial score (nSPS) is 15.4. The van der Waals surface area contributed by atoms with Crippen molar-refractivity contribution in [3.05, 3.63) is 99.8 Å². The van der Waals surface area contributed by atoms with Crippen LogP contribution in [0.1, 0.15) is 23.0 Å². The lowest BCUT2D eigenvalue weighted by molar-refractivity contribution is 0.103. The fraction of sp³-hybridized carbons (Fsp3) is 0.231. The predicted octanol–water partition coefficient (Wildman–Crippen LogP) is 5.43. The Morgan fingerprint density at radius 2 is 1.33 bits per heavy atom. The Labute approximate surface area is 203 Å². The predicted molar refractivity (Wildman–Crippen MR) is 136 cm³/mol. The number of nitrogens with two attached hydrogens (primary N) is 1. The quantitative estimate of drug-likeness (QED) is 0.415. The second-order valence-corrected chi connectivity index (χ2v) is 9.23. The van der Waals surface area contributed by atoms with Gasteiger partial charge in [-0.1, -0.05) is 59.6 Å². The molecule has 5 nitrogen and oxygen atoms in total. The minimum Gasteiger partial charge on any atom is -0.383 e. The molecule has 168 valence electrons. The lowest BCUT2D eigenvalue weighted by Crippen LogP contribution is -2.47. The second-order valence-electron chi connectivity index (χ2n) is 8.36. The molecule has 0 spiro atoms. The average Bonchev–Trinajstić information content (AvgIpc) is 2.83. The van der Waals surface area contributed by atoms with Crippen molar-refractivity contribution < 1.29 is 0 Å². The summed E-state index contributed by atoms with van der Waals surface area (Å²) in [6.45, 7) is 4.40. The van der Waals surface area contributed by atoms with Gasteiger partial charge in [-0.05, 0) is 47.5 Å². The number of nitrogens with zero attached hydrogens (tertiary/aromatic N) is 4. The molecule has 1 aliphatic heterocycles. The van der Waals surface area contributed by atoms with Crippen LogP contribution in [0.25, 0.3) is 10.9 Å². The van der Waals surface area contributed by atoms with Gasteiger partial charge < -0.3 is 5.73 Å². The van der Waals surface area contributed by atoms with Gasteiger partial charge in [0.1, 0.15) is 11.6 Å². The molecule has 1 aromatic heterocycles. The first-order valence-corrected chi connectivity index (χ1v) is 11.8. The summed E-state index contributed by atoms with van der Waals surface area (Å²) in [5.41, 5.74) is 9.52. The number of benzene rings is 3. The van der Waals surface area contributed by atoms with E-state index in [-0.39, 0.29) is 6.04 Å². The molecule has 0 amide bonds. The number of para-hydroxylation sites is 1. The maximum Gasteiger partial charge on any atom is 0.145 e. The van der Waals surface area contributed by atoms with Crippen molar-refractivity contribution in [2.24, 2.45) is 0 Å². The molecule has 1 saturated heterocycles. The van der Waals surface area contributed by atoms with Crippen LogP contribution in [0.2, 0.25) is 10.0 Å². The van der Waals surface area contributed by atoms with Gasteiger partial charge in [0.25, 0.3) is 0 Å². The smallest absolute Gasteiger partial charge is 0.145 e. The van der Waals surface area contributed by atoms with E-state index >= 15 is 0 Å². The van der Waals surface area contributed by atoms with Crippen LogP contribution in [0.5, 0.6) is 0 Å². The Balaban J connectivity index is 1.32. The summed E-state index contributed by atoms with van der Waals surface area (Å²) < 4.78 is 0. The lowest BCUT2D eigenvalue weighted by Gasteiger charge is -2.39. The molecule has 4 aromatic rings. The van der Waals surface area contributed by atoms with Gasteiger partial charge >= 0.3 is 0 Å². The standard InChI is InChI=1S/C26H25Cl2N5/c27-20-9-5-18(6-10-20)25(19-7-11-21(28)12-8-19)33-15-13-32(14-16-33)17-24-30-23-4-2-1-3-22(23)26(29)31-24/h1-12,25H,13-17H2,(H2,29,30,31). The highest BCUT2D eigenvalue weighted by molar-refractivity contribution is 6.30. The number of halogens is 2. The molecule has 3 aromatic carbocycles. The molecule has 0 radical (unpaired) electrons. The van der Waals surface area contributed by atoms with E-state index in [2.05, 4.69) is 39.0 Å². The van der Waals surface area contributed by atoms with Crippen molar-refractivity contribution in [3.63, 3.8) is 0 Å². The van der Waals surface area contributed by atoms with Crippen LogP contribution in [0, 0.1) is 0 Å². The molecule has 5 rings (SSSR count). The molecule has 0 unspecified atom stereocenters. The number of hydrogen-bond acceptors (Lipinski definition) is 5. The summed E-state index contributed by atoms with van der Waals surface area (Å²) in [4.78, 5) is 14.2. The van der Waals surface area contributed by atoms with Gasteiger partial charge in [0.05, 0.1) is 18.1 Å². The monoisotopic (exact) mass is 477 g/mol. The number of fused-ring (bicyclic) bond motifs is 1. The Morgan fingerprint density at radius 1 is 0.758 bits per heavy atom. The maximum atomic E-state index is 6.18. The molecule has 0 bridgehead atoms. The highest BCUT2D eigenvalue weighted by Crippen LogP contribution is 2.31. The van der Waals surface area contributed by atoms with Crippen LogP contribution in [0.15, 0.2) is 72.8 Å². The summed E-state index contributed by atoms with van der Waals surface area (Å²) in [5, 5.41) is 2.39. The molecule has 0 aliphatic carbocycles. The molecule has 1 aliphatic rings. The lowest BCUT2D eigenvalue weighted by atomic mass is 9.96. The Hall–Kier alpha value is -2.70. The summed E-state index contributed by atoms with van der Waals surface area (Å²) in [5.74, 6) is 1.31. The van der Waals surface area contributed by atoms with Crippen molar-refractivity contribution in [1.29, 1.82) is 0 Å². The minimum absolute atomic E-state index is 0.147. The molecule has 2 N–H and O–H groups in total. The number of piperazine rings is 1. The van der Waals surface area contributed by atoms with Gasteiger partial charge in [-0.3, -0.25) is 9.80 Å². The van der Waals surface area contributed by atoms with E-state index in [1.54, 1.807) is 0 Å². The first-order chi connectivity index (χ1) is 16.1. The fourth-order valence-electron chi connectivity index (χ4n) is 4.51. The Bertz CT molecular complexity index is 1190. The highest BCUT2D eigenvalue weighted by Gasteiger charge is 2.27. The van der Waals surface area contributed by atoms with Crippen LogP contribution >= 0.6 is 23.2 Å². The number of aromatic nitrogens is 2. The molecule has 0 atom stereocenters. The molecule has 7 heteroatoms. The summed E-state index contributed by atoms with van der Waals surface area (Å²) in [7, 11) is 0. The Morgan fingerprint density at radius 3 is 1.94 bits per heavy atom. The maximum absolute atomic E-state index is 6.18. The number of hydrogen-bond donors (Lipinski definition) is 1. The molecular weight excluding hydrogens is 453 g/mol. The van der Waals surface area contributed by atoms with Crippen LogP contribution in [-0.2, 0) is 6.54 Å². The van der Waals surface area contributed by atoms with E-state index in [9.17, 15) is 0 Å². The third-order valence-electron chi connectivity index (χ3n) is 6.19. The molecule has 1 fully saturated rings. The van der Waals surface area contributed by atoms with Crippen LogP contribution in [0.3, 0.4) is 0 Å². The molecular formula is C26H25Cl2N5. The van der Waals surface area contributed by atoms with Gasteiger partial charge in [-0.2, -0.15) is 0 Å². The number of nitrogen functional groups attached to an aromatic ring is 1. The highest BCUT2D eigenvalue weighted by atomic mass is 35.5. The molecule has 2 heterocycles. The summed E-state index contributed by atoms with van der Waals surface area (Å²) in [6.07, 6.45) is 0. The van der Waals surface area contributed by atoms with Crippen LogP contribution in [0.4, 0.5) is 5.82 Å². The van der Waals surface area contributed by atoms with Crippen molar-refractivity contribution in [2.45, 2.75) is 12.6 Å². The zero-order valence-corrected chi connectivity index (χ0v) is 19.7. The van der Waals surface area contributed by atoms with E-state index in [0.29, 0.717) is 12.4 Å². The summed E-state index contributed by atoms with van der Waals surface area (Å²) >= 11 is 12.3. The number of anilines is 1. The van der Waals surface area contributed by atoms with E-state index in [1.165, 1.54) is 11.1 Å². The van der Waals surface area contributed by atoms with Gasteiger partial charge in [0.2, 0.25) is 0 Å². The Kier molecular flexibility index (Phi) is 6.47. The van der Waals surface area contributed by atoms with E-state index in [4.69, 9.17) is 33.9 Å². The minimum atomic E-state index is 0.147. The number of rotatable bonds is 5. The van der Waals surface area contributed by atoms with E-state index < -0.39 is 0 Å². The van der Waals surface area contributed by atoms with Gasteiger partial charge in [-0.15, -0.1) is 0 Å². The summed E-state index contributed by atoms with van der Waals surface area (Å²) in [6, 6.07) is 24.3. The van der Waals surface area contributed by atoms with E-state index in [1.807, 2.05) is 48.5 Å². The third kappa shape index (κ3) is 4.97. The van der Waals surface area contributed by atoms with Crippen LogP contribution < -0.4 is 5.73 Å². The van der Waals surface area contributed by atoms with Gasteiger partial charge in [0.15, 0.2) is 0 Å². The molecule has 33 heavy (non-hydrogen) atoms. The first kappa shape index (κ1) is 22.1. The van der Waals surface area contributed by atoms with Crippen molar-refractivity contribution in [3.8, 4) is 0 Å². The molecule has 0 saturated carbocycles. The van der Waals surface area contributed by atoms with E-state index in [0.717, 1.165) is 53.0 Å². The zero-order valence-electron chi connectivity index (χ0n) is 18.2. The topological polar surface area (TPSA) is 58.3 Å². The van der Waals surface area contributed by atoms with Crippen molar-refractivity contribution >= 4 is 39.9 Å². The van der Waals surface area contributed by atoms with Crippen molar-refractivity contribution in [2.75, 3.05) is 31.9 Å². The van der Waals surface area contributed by atoms with Crippen LogP contribution in [-0.4, -0.2) is 45.9 Å². The fourth-order valence-corrected chi connectivity index (χ4v) is 4.76. The van der Waals surface area contributed by atoms with Gasteiger partial charge in [0, 0.05) is 41.6 Å². The SMILES string of the molecule is Nc1nc(CN2CCN(C(c3ccc(Cl)cc3)c3ccc(Cl)cc3)CC2)nc2ccccc12. The third-order valence-corrected chi connectivity index (χ3v) is 6.69. The average molecular weight is 478 g/mol. The second kappa shape index (κ2) is 9.65. The van der Waals surface area contributed by atoms with Gasteiger partial charge in [-0.25, -0.2) is 9.97 Å². The van der Waals surface area contributed by atoms with Crippen molar-refractivity contribution in [1.82, 2.24) is 19.8 Å². The largest absolute Gasteiger partial charge is 0.383 e. The first-order valence-electron chi connectivity index (χ1n) is 11.1.